The zero-order chi connectivity index (χ0) is 14.7. The molecule has 1 aliphatic carbocycles. The Morgan fingerprint density at radius 1 is 1.19 bits per heavy atom. The monoisotopic (exact) mass is 278 g/mol. The Bertz CT molecular complexity index is 684. The molecule has 3 rings (SSSR count). The van der Waals surface area contributed by atoms with Gasteiger partial charge in [0.2, 0.25) is 0 Å². The number of rotatable bonds is 5. The quantitative estimate of drug-likeness (QED) is 0.901. The van der Waals surface area contributed by atoms with Crippen LogP contribution in [0, 0.1) is 18.3 Å². The number of aryl methyl sites for hydroxylation is 1. The highest BCUT2D eigenvalue weighted by Crippen LogP contribution is 2.28. The van der Waals surface area contributed by atoms with Crippen molar-refractivity contribution in [2.45, 2.75) is 32.4 Å². The third-order valence-corrected chi connectivity index (χ3v) is 3.65. The second-order valence-corrected chi connectivity index (χ2v) is 5.47. The van der Waals surface area contributed by atoms with Gasteiger partial charge in [-0.25, -0.2) is 0 Å². The van der Waals surface area contributed by atoms with Crippen molar-refractivity contribution < 1.29 is 4.74 Å². The smallest absolute Gasteiger partial charge is 0.145 e. The number of hydrogen-bond acceptors (Lipinski definition) is 3. The van der Waals surface area contributed by atoms with Gasteiger partial charge < -0.3 is 10.1 Å². The van der Waals surface area contributed by atoms with E-state index in [1.807, 2.05) is 49.4 Å². The average molecular weight is 278 g/mol. The molecule has 0 unspecified atom stereocenters. The van der Waals surface area contributed by atoms with Gasteiger partial charge in [0.1, 0.15) is 17.6 Å². The van der Waals surface area contributed by atoms with E-state index in [1.165, 1.54) is 12.8 Å². The average Bonchev–Trinajstić information content (AvgIpc) is 3.32. The van der Waals surface area contributed by atoms with Crippen LogP contribution >= 0.6 is 0 Å². The lowest BCUT2D eigenvalue weighted by Gasteiger charge is -2.11. The third-order valence-electron chi connectivity index (χ3n) is 3.65. The largest absolute Gasteiger partial charge is 0.456 e. The van der Waals surface area contributed by atoms with Crippen molar-refractivity contribution in [1.82, 2.24) is 5.32 Å². The standard InChI is InChI=1S/C18H18N2O/c1-13-4-2-3-5-17(13)21-18-9-6-14(10-15(18)11-19)12-20-16-7-8-16/h2-6,9-10,16,20H,7-8,12H2,1H3. The van der Waals surface area contributed by atoms with Crippen LogP contribution in [0.2, 0.25) is 0 Å². The molecular weight excluding hydrogens is 260 g/mol. The molecule has 0 aromatic heterocycles. The molecule has 0 spiro atoms. The Hall–Kier alpha value is -2.31. The molecule has 2 aromatic carbocycles. The van der Waals surface area contributed by atoms with Crippen LogP contribution < -0.4 is 10.1 Å². The van der Waals surface area contributed by atoms with Crippen LogP contribution in [0.1, 0.15) is 29.5 Å². The molecule has 0 amide bonds. The van der Waals surface area contributed by atoms with Gasteiger partial charge in [0.05, 0.1) is 5.56 Å². The lowest BCUT2D eigenvalue weighted by Crippen LogP contribution is -2.15. The molecule has 0 bridgehead atoms. The van der Waals surface area contributed by atoms with Gasteiger partial charge in [-0.05, 0) is 49.1 Å². The number of nitriles is 1. The fraction of sp³-hybridized carbons (Fsp3) is 0.278. The van der Waals surface area contributed by atoms with Crippen LogP contribution in [-0.2, 0) is 6.54 Å². The zero-order valence-corrected chi connectivity index (χ0v) is 12.1. The minimum atomic E-state index is 0.577. The Balaban J connectivity index is 1.78. The fourth-order valence-electron chi connectivity index (χ4n) is 2.20. The molecule has 0 aliphatic heterocycles. The second-order valence-electron chi connectivity index (χ2n) is 5.47. The Morgan fingerprint density at radius 3 is 2.71 bits per heavy atom. The van der Waals surface area contributed by atoms with Crippen molar-refractivity contribution in [3.63, 3.8) is 0 Å². The van der Waals surface area contributed by atoms with Gasteiger partial charge in [-0.15, -0.1) is 0 Å². The first-order chi connectivity index (χ1) is 10.3. The number of ether oxygens (including phenoxy) is 1. The first-order valence-electron chi connectivity index (χ1n) is 7.26. The topological polar surface area (TPSA) is 45.0 Å². The number of nitrogens with one attached hydrogen (secondary N) is 1. The van der Waals surface area contributed by atoms with Crippen LogP contribution in [0.15, 0.2) is 42.5 Å². The van der Waals surface area contributed by atoms with Crippen LogP contribution in [0.4, 0.5) is 0 Å². The van der Waals surface area contributed by atoms with Gasteiger partial charge >= 0.3 is 0 Å². The van der Waals surface area contributed by atoms with E-state index in [9.17, 15) is 5.26 Å². The van der Waals surface area contributed by atoms with Crippen molar-refractivity contribution in [2.24, 2.45) is 0 Å². The molecule has 1 saturated carbocycles. The number of para-hydroxylation sites is 1. The fourth-order valence-corrected chi connectivity index (χ4v) is 2.20. The van der Waals surface area contributed by atoms with Gasteiger partial charge in [0.15, 0.2) is 0 Å². The lowest BCUT2D eigenvalue weighted by molar-refractivity contribution is 0.477. The maximum atomic E-state index is 9.33. The summed E-state index contributed by atoms with van der Waals surface area (Å²) < 4.78 is 5.88. The van der Waals surface area contributed by atoms with Crippen molar-refractivity contribution in [3.05, 3.63) is 59.2 Å². The molecule has 1 aliphatic rings. The van der Waals surface area contributed by atoms with Gasteiger partial charge in [-0.1, -0.05) is 24.3 Å². The maximum absolute atomic E-state index is 9.33. The predicted octanol–water partition coefficient (Wildman–Crippen LogP) is 3.91. The first kappa shape index (κ1) is 13.7. The van der Waals surface area contributed by atoms with Gasteiger partial charge in [-0.2, -0.15) is 5.26 Å². The number of benzene rings is 2. The van der Waals surface area contributed by atoms with Crippen LogP contribution in [0.25, 0.3) is 0 Å². The summed E-state index contributed by atoms with van der Waals surface area (Å²) >= 11 is 0. The molecule has 0 atom stereocenters. The molecule has 1 fully saturated rings. The van der Waals surface area contributed by atoms with E-state index in [0.29, 0.717) is 17.4 Å². The summed E-state index contributed by atoms with van der Waals surface area (Å²) in [7, 11) is 0. The van der Waals surface area contributed by atoms with E-state index in [-0.39, 0.29) is 0 Å². The Labute approximate surface area is 125 Å². The highest BCUT2D eigenvalue weighted by molar-refractivity contribution is 5.48. The number of hydrogen-bond donors (Lipinski definition) is 1. The molecule has 1 N–H and O–H groups in total. The van der Waals surface area contributed by atoms with Crippen LogP contribution in [0.5, 0.6) is 11.5 Å². The number of nitrogens with zero attached hydrogens (tertiary/aromatic N) is 1. The highest BCUT2D eigenvalue weighted by atomic mass is 16.5. The summed E-state index contributed by atoms with van der Waals surface area (Å²) in [5.41, 5.74) is 2.75. The Kier molecular flexibility index (Phi) is 3.89. The molecule has 106 valence electrons. The summed E-state index contributed by atoms with van der Waals surface area (Å²) in [6.45, 7) is 2.80. The minimum Gasteiger partial charge on any atom is -0.456 e. The van der Waals surface area contributed by atoms with Gasteiger partial charge in [0.25, 0.3) is 0 Å². The molecular formula is C18H18N2O. The summed E-state index contributed by atoms with van der Waals surface area (Å²) in [5.74, 6) is 1.40. The molecule has 0 saturated heterocycles. The minimum absolute atomic E-state index is 0.577. The molecule has 21 heavy (non-hydrogen) atoms. The summed E-state index contributed by atoms with van der Waals surface area (Å²) in [5, 5.41) is 12.8. The molecule has 3 nitrogen and oxygen atoms in total. The molecule has 0 radical (unpaired) electrons. The highest BCUT2D eigenvalue weighted by Gasteiger charge is 2.20. The Morgan fingerprint density at radius 2 is 2.00 bits per heavy atom. The summed E-state index contributed by atoms with van der Waals surface area (Å²) in [4.78, 5) is 0. The third kappa shape index (κ3) is 3.42. The van der Waals surface area contributed by atoms with E-state index in [1.54, 1.807) is 0 Å². The normalized spacial score (nSPS) is 13.7. The zero-order valence-electron chi connectivity index (χ0n) is 12.1. The predicted molar refractivity (Wildman–Crippen MR) is 82.3 cm³/mol. The van der Waals surface area contributed by atoms with E-state index in [2.05, 4.69) is 11.4 Å². The molecule has 2 aromatic rings. The van der Waals surface area contributed by atoms with Crippen molar-refractivity contribution in [1.29, 1.82) is 5.26 Å². The van der Waals surface area contributed by atoms with Crippen LogP contribution in [-0.4, -0.2) is 6.04 Å². The first-order valence-corrected chi connectivity index (χ1v) is 7.26. The van der Waals surface area contributed by atoms with Gasteiger partial charge in [0, 0.05) is 12.6 Å². The SMILES string of the molecule is Cc1ccccc1Oc1ccc(CNC2CC2)cc1C#N. The molecule has 0 heterocycles. The van der Waals surface area contributed by atoms with E-state index in [4.69, 9.17) is 4.74 Å². The summed E-state index contributed by atoms with van der Waals surface area (Å²) in [6, 6.07) is 16.5. The van der Waals surface area contributed by atoms with Crippen molar-refractivity contribution >= 4 is 0 Å². The van der Waals surface area contributed by atoms with Crippen molar-refractivity contribution in [3.8, 4) is 17.6 Å². The maximum Gasteiger partial charge on any atom is 0.145 e. The van der Waals surface area contributed by atoms with E-state index < -0.39 is 0 Å². The molecule has 3 heteroatoms. The lowest BCUT2D eigenvalue weighted by atomic mass is 10.1. The van der Waals surface area contributed by atoms with E-state index in [0.717, 1.165) is 23.4 Å². The van der Waals surface area contributed by atoms with Crippen LogP contribution in [0.3, 0.4) is 0 Å². The van der Waals surface area contributed by atoms with E-state index >= 15 is 0 Å². The second kappa shape index (κ2) is 5.99. The van der Waals surface area contributed by atoms with Crippen molar-refractivity contribution in [2.75, 3.05) is 0 Å². The summed E-state index contributed by atoms with van der Waals surface area (Å²) in [6.07, 6.45) is 2.53. The van der Waals surface area contributed by atoms with Gasteiger partial charge in [-0.3, -0.25) is 0 Å².